The van der Waals surface area contributed by atoms with Crippen LogP contribution in [0.15, 0.2) is 112 Å². The number of carbonyl (C=O) groups is 1. The number of nitrogens with one attached hydrogen (secondary N) is 1. The number of alkyl halides is 2. The van der Waals surface area contributed by atoms with Crippen LogP contribution in [0.25, 0.3) is 33.2 Å². The van der Waals surface area contributed by atoms with Gasteiger partial charge in [-0.15, -0.1) is 0 Å². The average Bonchev–Trinajstić information content (AvgIpc) is 3.46. The number of hydrogen-bond donors (Lipinski definition) is 2. The van der Waals surface area contributed by atoms with Gasteiger partial charge in [0.05, 0.1) is 12.6 Å². The van der Waals surface area contributed by atoms with E-state index >= 15 is 0 Å². The second-order valence-corrected chi connectivity index (χ2v) is 11.1. The number of nitrogens with zero attached hydrogens (tertiary/aromatic N) is 1. The number of furan rings is 1. The Morgan fingerprint density at radius 2 is 1.71 bits per heavy atom. The maximum absolute atomic E-state index is 13.8. The summed E-state index contributed by atoms with van der Waals surface area (Å²) in [7, 11) is 0. The van der Waals surface area contributed by atoms with Gasteiger partial charge in [0.15, 0.2) is 0 Å². The molecule has 4 aromatic rings. The SMILES string of the molecule is C=N\C(N)=C/C=C(C)/C=C/C(=O)NCc1cc2cc(-c3ccc(OC4CCC(F)(F)CC4)cc3)cc(-c3ccc(F)cc3)c2o1. The maximum atomic E-state index is 13.8. The van der Waals surface area contributed by atoms with E-state index in [0.29, 0.717) is 29.9 Å². The van der Waals surface area contributed by atoms with E-state index in [1.165, 1.54) is 18.2 Å². The number of fused-ring (bicyclic) bond motifs is 1. The Morgan fingerprint density at radius 1 is 1.02 bits per heavy atom. The first-order valence-corrected chi connectivity index (χ1v) is 14.6. The molecule has 3 N–H and O–H groups in total. The van der Waals surface area contributed by atoms with Gasteiger partial charge < -0.3 is 20.2 Å². The third-order valence-corrected chi connectivity index (χ3v) is 7.61. The number of nitrogens with two attached hydrogens (primary N) is 1. The Morgan fingerprint density at radius 3 is 2.40 bits per heavy atom. The number of ether oxygens (including phenoxy) is 1. The summed E-state index contributed by atoms with van der Waals surface area (Å²) in [6.45, 7) is 5.33. The fraction of sp³-hybridized carbons (Fsp3) is 0.222. The van der Waals surface area contributed by atoms with Gasteiger partial charge in [-0.3, -0.25) is 4.79 Å². The van der Waals surface area contributed by atoms with Gasteiger partial charge in [-0.1, -0.05) is 42.0 Å². The molecule has 0 atom stereocenters. The minimum Gasteiger partial charge on any atom is -0.490 e. The summed E-state index contributed by atoms with van der Waals surface area (Å²) in [5.74, 6) is -1.79. The van der Waals surface area contributed by atoms with Gasteiger partial charge in [-0.25, -0.2) is 18.2 Å². The van der Waals surface area contributed by atoms with Gasteiger partial charge in [0.1, 0.15) is 28.7 Å². The van der Waals surface area contributed by atoms with E-state index in [1.807, 2.05) is 49.4 Å². The summed E-state index contributed by atoms with van der Waals surface area (Å²) < 4.78 is 53.0. The second kappa shape index (κ2) is 13.7. The predicted octanol–water partition coefficient (Wildman–Crippen LogP) is 8.48. The molecule has 1 saturated carbocycles. The summed E-state index contributed by atoms with van der Waals surface area (Å²) in [6.07, 6.45) is 6.49. The smallest absolute Gasteiger partial charge is 0.248 e. The summed E-state index contributed by atoms with van der Waals surface area (Å²) >= 11 is 0. The van der Waals surface area contributed by atoms with Crippen molar-refractivity contribution in [2.45, 2.75) is 51.2 Å². The van der Waals surface area contributed by atoms with Crippen LogP contribution in [0.5, 0.6) is 5.75 Å². The molecule has 6 nitrogen and oxygen atoms in total. The molecule has 0 unspecified atom stereocenters. The van der Waals surface area contributed by atoms with Crippen molar-refractivity contribution < 1.29 is 27.1 Å². The zero-order valence-corrected chi connectivity index (χ0v) is 24.9. The normalized spacial score (nSPS) is 15.8. The summed E-state index contributed by atoms with van der Waals surface area (Å²) in [4.78, 5) is 16.1. The topological polar surface area (TPSA) is 89.8 Å². The number of carbonyl (C=O) groups excluding carboxylic acids is 1. The Bertz CT molecular complexity index is 1760. The van der Waals surface area contributed by atoms with Crippen LogP contribution >= 0.6 is 0 Å². The molecule has 0 aliphatic heterocycles. The van der Waals surface area contributed by atoms with E-state index in [9.17, 15) is 18.0 Å². The van der Waals surface area contributed by atoms with E-state index in [0.717, 1.165) is 33.2 Å². The van der Waals surface area contributed by atoms with E-state index in [1.54, 1.807) is 30.4 Å². The highest BCUT2D eigenvalue weighted by atomic mass is 19.3. The highest BCUT2D eigenvalue weighted by Gasteiger charge is 2.35. The summed E-state index contributed by atoms with van der Waals surface area (Å²) in [5, 5.41) is 3.64. The van der Waals surface area contributed by atoms with E-state index in [4.69, 9.17) is 14.9 Å². The fourth-order valence-corrected chi connectivity index (χ4v) is 5.12. The standard InChI is InChI=1S/C36H34F3N3O3/c1-23(3-13-33(40)41-2)4-14-34(43)42-22-31-20-27-19-26(21-32(35(27)45-31)25-5-9-28(37)10-6-25)24-7-11-29(12-8-24)44-30-15-17-36(38,39)18-16-30/h3-14,19-21,30H,2,15-18,22,40H2,1H3,(H,42,43)/b14-4+,23-3+,33-13-. The zero-order chi connectivity index (χ0) is 32.0. The molecular weight excluding hydrogens is 579 g/mol. The third kappa shape index (κ3) is 8.32. The fourth-order valence-electron chi connectivity index (χ4n) is 5.12. The Labute approximate surface area is 259 Å². The molecule has 5 rings (SSSR count). The maximum Gasteiger partial charge on any atom is 0.248 e. The van der Waals surface area contributed by atoms with E-state index in [2.05, 4.69) is 17.0 Å². The molecule has 1 heterocycles. The number of rotatable bonds is 10. The second-order valence-electron chi connectivity index (χ2n) is 11.1. The van der Waals surface area contributed by atoms with Crippen LogP contribution in [0.1, 0.15) is 38.4 Å². The lowest BCUT2D eigenvalue weighted by atomic mass is 9.94. The number of hydrogen-bond acceptors (Lipinski definition) is 5. The van der Waals surface area contributed by atoms with E-state index < -0.39 is 5.92 Å². The summed E-state index contributed by atoms with van der Waals surface area (Å²) in [5.41, 5.74) is 10.4. The molecule has 0 saturated heterocycles. The molecule has 1 amide bonds. The molecule has 3 aromatic carbocycles. The highest BCUT2D eigenvalue weighted by Crippen LogP contribution is 2.38. The van der Waals surface area contributed by atoms with Crippen molar-refractivity contribution in [1.82, 2.24) is 5.32 Å². The van der Waals surface area contributed by atoms with Crippen LogP contribution in [0.3, 0.4) is 0 Å². The minimum absolute atomic E-state index is 0.158. The van der Waals surface area contributed by atoms with Crippen molar-refractivity contribution >= 4 is 23.6 Å². The third-order valence-electron chi connectivity index (χ3n) is 7.61. The number of aliphatic imine (C=N–C) groups is 1. The predicted molar refractivity (Wildman–Crippen MR) is 171 cm³/mol. The molecule has 0 spiro atoms. The largest absolute Gasteiger partial charge is 0.490 e. The van der Waals surface area contributed by atoms with Crippen LogP contribution in [-0.2, 0) is 11.3 Å². The molecule has 1 aromatic heterocycles. The van der Waals surface area contributed by atoms with Crippen LogP contribution in [0.2, 0.25) is 0 Å². The lowest BCUT2D eigenvalue weighted by Crippen LogP contribution is -2.30. The monoisotopic (exact) mass is 613 g/mol. The first-order chi connectivity index (χ1) is 21.6. The van der Waals surface area contributed by atoms with Gasteiger partial charge >= 0.3 is 0 Å². The van der Waals surface area contributed by atoms with Crippen molar-refractivity contribution in [3.05, 3.63) is 114 Å². The highest BCUT2D eigenvalue weighted by molar-refractivity contribution is 5.97. The zero-order valence-electron chi connectivity index (χ0n) is 24.9. The van der Waals surface area contributed by atoms with Crippen LogP contribution < -0.4 is 15.8 Å². The molecule has 0 radical (unpaired) electrons. The molecule has 1 fully saturated rings. The minimum atomic E-state index is -2.60. The first kappa shape index (κ1) is 31.4. The average molecular weight is 614 g/mol. The molecule has 0 bridgehead atoms. The molecule has 1 aliphatic carbocycles. The number of halogens is 3. The van der Waals surface area contributed by atoms with Crippen molar-refractivity contribution in [2.75, 3.05) is 0 Å². The summed E-state index contributed by atoms with van der Waals surface area (Å²) in [6, 6.07) is 19.5. The van der Waals surface area contributed by atoms with Crippen LogP contribution in [-0.4, -0.2) is 24.7 Å². The Kier molecular flexibility index (Phi) is 9.56. The van der Waals surface area contributed by atoms with Crippen LogP contribution in [0, 0.1) is 5.82 Å². The lowest BCUT2D eigenvalue weighted by molar-refractivity contribution is -0.116. The van der Waals surface area contributed by atoms with Gasteiger partial charge in [0.25, 0.3) is 0 Å². The van der Waals surface area contributed by atoms with Crippen molar-refractivity contribution in [2.24, 2.45) is 10.7 Å². The van der Waals surface area contributed by atoms with Gasteiger partial charge in [0, 0.05) is 29.9 Å². The molecule has 1 aliphatic rings. The molecule has 45 heavy (non-hydrogen) atoms. The van der Waals surface area contributed by atoms with Crippen molar-refractivity contribution in [3.8, 4) is 28.0 Å². The van der Waals surface area contributed by atoms with Gasteiger partial charge in [-0.05, 0) is 91.7 Å². The number of amides is 1. The first-order valence-electron chi connectivity index (χ1n) is 14.6. The molecule has 9 heteroatoms. The van der Waals surface area contributed by atoms with Gasteiger partial charge in [0.2, 0.25) is 11.8 Å². The van der Waals surface area contributed by atoms with Crippen molar-refractivity contribution in [1.29, 1.82) is 0 Å². The molecule has 232 valence electrons. The Balaban J connectivity index is 1.36. The van der Waals surface area contributed by atoms with Gasteiger partial charge in [-0.2, -0.15) is 0 Å². The lowest BCUT2D eigenvalue weighted by Gasteiger charge is -2.28. The quantitative estimate of drug-likeness (QED) is 0.107. The molecular formula is C36H34F3N3O3. The van der Waals surface area contributed by atoms with Crippen molar-refractivity contribution in [3.63, 3.8) is 0 Å². The van der Waals surface area contributed by atoms with Crippen LogP contribution in [0.4, 0.5) is 13.2 Å². The number of benzene rings is 3. The Hall–Kier alpha value is -5.05. The number of allylic oxidation sites excluding steroid dienone is 4. The van der Waals surface area contributed by atoms with E-state index in [-0.39, 0.29) is 43.0 Å².